The minimum Gasteiger partial charge on any atom is -0.351 e. The summed E-state index contributed by atoms with van der Waals surface area (Å²) in [5, 5.41) is 2.90. The Morgan fingerprint density at radius 2 is 2.50 bits per heavy atom. The molecule has 2 rings (SSSR count). The fourth-order valence-electron chi connectivity index (χ4n) is 1.63. The fraction of sp³-hybridized carbons (Fsp3) is 0.417. The van der Waals surface area contributed by atoms with Gasteiger partial charge in [0.15, 0.2) is 0 Å². The first-order chi connectivity index (χ1) is 7.81. The monoisotopic (exact) mass is 253 g/mol. The van der Waals surface area contributed by atoms with Crippen molar-refractivity contribution in [1.29, 1.82) is 0 Å². The number of hydrogen-bond acceptors (Lipinski definition) is 3. The van der Waals surface area contributed by atoms with Crippen molar-refractivity contribution in [2.24, 2.45) is 0 Å². The van der Waals surface area contributed by atoms with Gasteiger partial charge in [0, 0.05) is 17.2 Å². The van der Waals surface area contributed by atoms with Gasteiger partial charge in [-0.25, -0.2) is 0 Å². The van der Waals surface area contributed by atoms with Crippen LogP contribution in [0.3, 0.4) is 0 Å². The van der Waals surface area contributed by atoms with E-state index in [0.29, 0.717) is 6.54 Å². The Morgan fingerprint density at radius 3 is 3.25 bits per heavy atom. The van der Waals surface area contributed by atoms with Gasteiger partial charge in [-0.15, -0.1) is 17.9 Å². The van der Waals surface area contributed by atoms with E-state index in [1.54, 1.807) is 11.3 Å². The molecule has 1 aliphatic rings. The Hall–Kier alpha value is -0.740. The van der Waals surface area contributed by atoms with Crippen molar-refractivity contribution >= 4 is 29.0 Å². The van der Waals surface area contributed by atoms with E-state index in [1.807, 2.05) is 17.8 Å². The molecule has 1 amide bonds. The van der Waals surface area contributed by atoms with Gasteiger partial charge < -0.3 is 5.32 Å². The van der Waals surface area contributed by atoms with Crippen LogP contribution < -0.4 is 5.32 Å². The molecule has 0 aliphatic carbocycles. The van der Waals surface area contributed by atoms with Crippen molar-refractivity contribution in [1.82, 2.24) is 5.32 Å². The number of nitrogens with one attached hydrogen (secondary N) is 1. The van der Waals surface area contributed by atoms with Gasteiger partial charge in [0.2, 0.25) is 0 Å². The minimum absolute atomic E-state index is 0.0613. The molecule has 0 bridgehead atoms. The molecule has 1 N–H and O–H groups in total. The highest BCUT2D eigenvalue weighted by atomic mass is 32.2. The zero-order valence-electron chi connectivity index (χ0n) is 9.12. The number of carbonyl (C=O) groups excluding carboxylic acids is 1. The zero-order valence-corrected chi connectivity index (χ0v) is 10.8. The van der Waals surface area contributed by atoms with Crippen molar-refractivity contribution in [2.45, 2.75) is 18.6 Å². The van der Waals surface area contributed by atoms with E-state index >= 15 is 0 Å². The Kier molecular flexibility index (Phi) is 4.07. The maximum absolute atomic E-state index is 11.8. The third kappa shape index (κ3) is 2.68. The number of aryl methyl sites for hydroxylation is 1. The number of thioether (sulfide) groups is 1. The topological polar surface area (TPSA) is 29.1 Å². The summed E-state index contributed by atoms with van der Waals surface area (Å²) in [5.74, 6) is 2.31. The Balaban J connectivity index is 2.00. The van der Waals surface area contributed by atoms with Crippen molar-refractivity contribution in [2.75, 3.05) is 12.3 Å². The third-order valence-electron chi connectivity index (χ3n) is 2.49. The van der Waals surface area contributed by atoms with Crippen molar-refractivity contribution in [3.8, 4) is 0 Å². The molecule has 0 fully saturated rings. The largest absolute Gasteiger partial charge is 0.351 e. The predicted octanol–water partition coefficient (Wildman–Crippen LogP) is 2.84. The number of thiophene rings is 1. The molecule has 2 heterocycles. The van der Waals surface area contributed by atoms with Crippen molar-refractivity contribution in [3.05, 3.63) is 34.0 Å². The molecule has 0 radical (unpaired) electrons. The summed E-state index contributed by atoms with van der Waals surface area (Å²) in [6, 6.07) is 2.05. The molecule has 1 aliphatic heterocycles. The van der Waals surface area contributed by atoms with Crippen LogP contribution in [0, 0.1) is 0 Å². The van der Waals surface area contributed by atoms with Gasteiger partial charge in [-0.05, 0) is 30.2 Å². The van der Waals surface area contributed by atoms with Gasteiger partial charge in [-0.1, -0.05) is 6.08 Å². The van der Waals surface area contributed by atoms with Crippen LogP contribution in [0.2, 0.25) is 0 Å². The molecule has 0 aromatic carbocycles. The molecule has 0 saturated heterocycles. The van der Waals surface area contributed by atoms with Gasteiger partial charge in [0.1, 0.15) is 0 Å². The zero-order chi connectivity index (χ0) is 11.4. The lowest BCUT2D eigenvalue weighted by molar-refractivity contribution is 0.0958. The van der Waals surface area contributed by atoms with Gasteiger partial charge >= 0.3 is 0 Å². The van der Waals surface area contributed by atoms with Crippen LogP contribution in [0.4, 0.5) is 0 Å². The average Bonchev–Trinajstić information content (AvgIpc) is 2.73. The number of rotatable bonds is 4. The number of carbonyl (C=O) groups is 1. The summed E-state index contributed by atoms with van der Waals surface area (Å²) < 4.78 is 0. The van der Waals surface area contributed by atoms with Crippen LogP contribution >= 0.6 is 23.1 Å². The van der Waals surface area contributed by atoms with Crippen LogP contribution in [-0.4, -0.2) is 18.2 Å². The van der Waals surface area contributed by atoms with E-state index in [4.69, 9.17) is 0 Å². The number of amides is 1. The van der Waals surface area contributed by atoms with Crippen molar-refractivity contribution < 1.29 is 4.79 Å². The predicted molar refractivity (Wildman–Crippen MR) is 71.3 cm³/mol. The standard InChI is InChI=1S/C12H15NOS2/c1-2-3-5-13-12(14)11-7-9-8-15-6-4-10(9)16-11/h2,7H,1,3-6,8H2,(H,13,14). The van der Waals surface area contributed by atoms with Crippen molar-refractivity contribution in [3.63, 3.8) is 0 Å². The molecule has 86 valence electrons. The molecule has 1 aromatic rings. The van der Waals surface area contributed by atoms with Crippen LogP contribution in [-0.2, 0) is 12.2 Å². The molecular weight excluding hydrogens is 238 g/mol. The van der Waals surface area contributed by atoms with E-state index in [2.05, 4.69) is 18.0 Å². The molecule has 4 heteroatoms. The SMILES string of the molecule is C=CCCNC(=O)c1cc2c(s1)CCSC2. The second-order valence-corrected chi connectivity index (χ2v) is 5.94. The van der Waals surface area contributed by atoms with Gasteiger partial charge in [0.25, 0.3) is 5.91 Å². The second-order valence-electron chi connectivity index (χ2n) is 3.69. The lowest BCUT2D eigenvalue weighted by atomic mass is 10.2. The Labute approximate surface area is 104 Å². The van der Waals surface area contributed by atoms with E-state index in [9.17, 15) is 4.79 Å². The molecule has 0 unspecified atom stereocenters. The molecule has 16 heavy (non-hydrogen) atoms. The second kappa shape index (κ2) is 5.55. The molecule has 1 aromatic heterocycles. The first kappa shape index (κ1) is 11.7. The molecule has 2 nitrogen and oxygen atoms in total. The van der Waals surface area contributed by atoms with Gasteiger partial charge in [-0.2, -0.15) is 11.8 Å². The van der Waals surface area contributed by atoms with Crippen LogP contribution in [0.25, 0.3) is 0 Å². The molecule has 0 spiro atoms. The molecular formula is C12H15NOS2. The lowest BCUT2D eigenvalue weighted by Crippen LogP contribution is -2.23. The number of fused-ring (bicyclic) bond motifs is 1. The van der Waals surface area contributed by atoms with E-state index in [1.165, 1.54) is 16.2 Å². The lowest BCUT2D eigenvalue weighted by Gasteiger charge is -2.08. The Morgan fingerprint density at radius 1 is 1.62 bits per heavy atom. The van der Waals surface area contributed by atoms with E-state index < -0.39 is 0 Å². The van der Waals surface area contributed by atoms with Crippen LogP contribution in [0.15, 0.2) is 18.7 Å². The van der Waals surface area contributed by atoms with Gasteiger partial charge in [-0.3, -0.25) is 4.79 Å². The number of hydrogen-bond donors (Lipinski definition) is 1. The Bertz CT molecular complexity index is 374. The normalized spacial score (nSPS) is 14.2. The maximum atomic E-state index is 11.8. The summed E-state index contributed by atoms with van der Waals surface area (Å²) in [5.41, 5.74) is 1.36. The minimum atomic E-state index is 0.0613. The highest BCUT2D eigenvalue weighted by molar-refractivity contribution is 7.98. The first-order valence-electron chi connectivity index (χ1n) is 5.39. The van der Waals surface area contributed by atoms with E-state index in [0.717, 1.165) is 23.5 Å². The summed E-state index contributed by atoms with van der Waals surface area (Å²) >= 11 is 3.60. The summed E-state index contributed by atoms with van der Waals surface area (Å²) in [6.45, 7) is 4.31. The summed E-state index contributed by atoms with van der Waals surface area (Å²) in [4.78, 5) is 14.0. The quantitative estimate of drug-likeness (QED) is 0.660. The van der Waals surface area contributed by atoms with Gasteiger partial charge in [0.05, 0.1) is 4.88 Å². The first-order valence-corrected chi connectivity index (χ1v) is 7.37. The van der Waals surface area contributed by atoms with Crippen LogP contribution in [0.5, 0.6) is 0 Å². The summed E-state index contributed by atoms with van der Waals surface area (Å²) in [7, 11) is 0. The highest BCUT2D eigenvalue weighted by Crippen LogP contribution is 2.31. The third-order valence-corrected chi connectivity index (χ3v) is 4.73. The molecule has 0 saturated carbocycles. The van der Waals surface area contributed by atoms with Crippen LogP contribution in [0.1, 0.15) is 26.5 Å². The maximum Gasteiger partial charge on any atom is 0.261 e. The molecule has 0 atom stereocenters. The fourth-order valence-corrected chi connectivity index (χ4v) is 3.92. The summed E-state index contributed by atoms with van der Waals surface area (Å²) in [6.07, 6.45) is 3.76. The smallest absolute Gasteiger partial charge is 0.261 e. The average molecular weight is 253 g/mol. The highest BCUT2D eigenvalue weighted by Gasteiger charge is 2.16. The van der Waals surface area contributed by atoms with E-state index in [-0.39, 0.29) is 5.91 Å².